The highest BCUT2D eigenvalue weighted by molar-refractivity contribution is 5.32. The standard InChI is InChI=1S/C21H15F4N5O2/c22-15-5-7-17(8-6-15)30-10-9-28(19(31)20(30)32)12-16-13-29(27-26-16)11-14-3-1-2-4-18(14)21(23,24)25/h1-10,13H,11-12H2. The zero-order chi connectivity index (χ0) is 22.9. The third-order valence-electron chi connectivity index (χ3n) is 4.74. The molecule has 0 aliphatic heterocycles. The Kier molecular flexibility index (Phi) is 5.47. The van der Waals surface area contributed by atoms with Crippen LogP contribution in [-0.2, 0) is 19.3 Å². The van der Waals surface area contributed by atoms with E-state index in [0.717, 1.165) is 15.2 Å². The smallest absolute Gasteiger partial charge is 0.303 e. The maximum Gasteiger partial charge on any atom is 0.416 e. The second kappa shape index (κ2) is 8.25. The third kappa shape index (κ3) is 4.36. The van der Waals surface area contributed by atoms with E-state index in [2.05, 4.69) is 10.3 Å². The van der Waals surface area contributed by atoms with E-state index in [1.807, 2.05) is 0 Å². The topological polar surface area (TPSA) is 74.7 Å². The molecule has 0 atom stereocenters. The van der Waals surface area contributed by atoms with Crippen molar-refractivity contribution >= 4 is 0 Å². The van der Waals surface area contributed by atoms with Crippen LogP contribution < -0.4 is 11.1 Å². The van der Waals surface area contributed by atoms with E-state index in [4.69, 9.17) is 0 Å². The molecule has 0 unspecified atom stereocenters. The van der Waals surface area contributed by atoms with E-state index in [1.165, 1.54) is 65.7 Å². The third-order valence-corrected chi connectivity index (χ3v) is 4.74. The maximum atomic E-state index is 13.2. The lowest BCUT2D eigenvalue weighted by Gasteiger charge is -2.12. The highest BCUT2D eigenvalue weighted by atomic mass is 19.4. The van der Waals surface area contributed by atoms with Crippen LogP contribution in [0.1, 0.15) is 16.8 Å². The summed E-state index contributed by atoms with van der Waals surface area (Å²) in [6.45, 7) is -0.261. The lowest BCUT2D eigenvalue weighted by atomic mass is 10.1. The summed E-state index contributed by atoms with van der Waals surface area (Å²) in [6, 6.07) is 10.2. The van der Waals surface area contributed by atoms with Gasteiger partial charge < -0.3 is 4.57 Å². The van der Waals surface area contributed by atoms with Crippen molar-refractivity contribution in [2.75, 3.05) is 0 Å². The Bertz CT molecular complexity index is 1370. The summed E-state index contributed by atoms with van der Waals surface area (Å²) in [4.78, 5) is 24.9. The van der Waals surface area contributed by atoms with Gasteiger partial charge in [0.2, 0.25) is 0 Å². The van der Waals surface area contributed by atoms with Gasteiger partial charge in [0.1, 0.15) is 11.5 Å². The fourth-order valence-electron chi connectivity index (χ4n) is 3.21. The van der Waals surface area contributed by atoms with Gasteiger partial charge in [-0.3, -0.25) is 14.2 Å². The number of alkyl halides is 3. The summed E-state index contributed by atoms with van der Waals surface area (Å²) in [5.41, 5.74) is -1.81. The zero-order valence-electron chi connectivity index (χ0n) is 16.3. The van der Waals surface area contributed by atoms with Gasteiger partial charge in [-0.1, -0.05) is 23.4 Å². The minimum atomic E-state index is -4.50. The van der Waals surface area contributed by atoms with Gasteiger partial charge in [-0.2, -0.15) is 13.2 Å². The van der Waals surface area contributed by atoms with E-state index in [0.29, 0.717) is 5.69 Å². The molecule has 0 saturated carbocycles. The molecule has 0 aliphatic rings. The normalized spacial score (nSPS) is 11.6. The molecule has 11 heteroatoms. The molecule has 0 amide bonds. The second-order valence-corrected chi connectivity index (χ2v) is 6.95. The van der Waals surface area contributed by atoms with Crippen LogP contribution in [0, 0.1) is 5.82 Å². The van der Waals surface area contributed by atoms with Crippen molar-refractivity contribution in [1.29, 1.82) is 0 Å². The van der Waals surface area contributed by atoms with E-state index in [9.17, 15) is 27.2 Å². The number of hydrogen-bond donors (Lipinski definition) is 0. The molecule has 2 aromatic carbocycles. The van der Waals surface area contributed by atoms with Crippen molar-refractivity contribution in [3.63, 3.8) is 0 Å². The Hall–Kier alpha value is -4.02. The molecule has 164 valence electrons. The Morgan fingerprint density at radius 2 is 1.59 bits per heavy atom. The molecule has 0 N–H and O–H groups in total. The minimum absolute atomic E-state index is 0.0236. The van der Waals surface area contributed by atoms with Crippen molar-refractivity contribution in [2.45, 2.75) is 19.3 Å². The van der Waals surface area contributed by atoms with Gasteiger partial charge in [-0.15, -0.1) is 5.10 Å². The van der Waals surface area contributed by atoms with Gasteiger partial charge in [0, 0.05) is 18.1 Å². The van der Waals surface area contributed by atoms with Crippen molar-refractivity contribution in [2.24, 2.45) is 0 Å². The predicted molar refractivity (Wildman–Crippen MR) is 106 cm³/mol. The first kappa shape index (κ1) is 21.2. The molecule has 0 fully saturated rings. The molecule has 0 aliphatic carbocycles. The quantitative estimate of drug-likeness (QED) is 0.350. The van der Waals surface area contributed by atoms with Crippen LogP contribution >= 0.6 is 0 Å². The average molecular weight is 445 g/mol. The van der Waals surface area contributed by atoms with Crippen molar-refractivity contribution in [3.05, 3.63) is 110 Å². The second-order valence-electron chi connectivity index (χ2n) is 6.95. The lowest BCUT2D eigenvalue weighted by Crippen LogP contribution is -2.40. The van der Waals surface area contributed by atoms with Gasteiger partial charge in [0.25, 0.3) is 0 Å². The predicted octanol–water partition coefficient (Wildman–Crippen LogP) is 2.85. The average Bonchev–Trinajstić information content (AvgIpc) is 3.19. The Morgan fingerprint density at radius 1 is 0.875 bits per heavy atom. The summed E-state index contributed by atoms with van der Waals surface area (Å²) in [6.07, 6.45) is -0.362. The van der Waals surface area contributed by atoms with Crippen LogP contribution in [0.2, 0.25) is 0 Å². The van der Waals surface area contributed by atoms with Crippen molar-refractivity contribution < 1.29 is 17.6 Å². The molecule has 4 rings (SSSR count). The van der Waals surface area contributed by atoms with Gasteiger partial charge in [-0.05, 0) is 35.9 Å². The molecule has 2 aromatic heterocycles. The summed E-state index contributed by atoms with van der Waals surface area (Å²) in [7, 11) is 0. The van der Waals surface area contributed by atoms with Crippen LogP contribution in [-0.4, -0.2) is 24.1 Å². The summed E-state index contributed by atoms with van der Waals surface area (Å²) in [5, 5.41) is 7.70. The number of halogens is 4. The molecule has 32 heavy (non-hydrogen) atoms. The van der Waals surface area contributed by atoms with E-state index >= 15 is 0 Å². The van der Waals surface area contributed by atoms with E-state index < -0.39 is 28.7 Å². The van der Waals surface area contributed by atoms with Crippen LogP contribution in [0.15, 0.2) is 76.7 Å². The number of rotatable bonds is 5. The minimum Gasteiger partial charge on any atom is -0.303 e. The largest absolute Gasteiger partial charge is 0.416 e. The lowest BCUT2D eigenvalue weighted by molar-refractivity contribution is -0.138. The van der Waals surface area contributed by atoms with Gasteiger partial charge in [-0.25, -0.2) is 9.07 Å². The van der Waals surface area contributed by atoms with Crippen molar-refractivity contribution in [3.8, 4) is 5.69 Å². The van der Waals surface area contributed by atoms with Crippen LogP contribution in [0.5, 0.6) is 0 Å². The first-order valence-electron chi connectivity index (χ1n) is 9.34. The molecular weight excluding hydrogens is 430 g/mol. The highest BCUT2D eigenvalue weighted by Gasteiger charge is 2.32. The number of benzene rings is 2. The molecule has 0 saturated heterocycles. The van der Waals surface area contributed by atoms with Crippen LogP contribution in [0.3, 0.4) is 0 Å². The maximum absolute atomic E-state index is 13.2. The SMILES string of the molecule is O=c1c(=O)n(-c2ccc(F)cc2)ccn1Cc1cn(Cc2ccccc2C(F)(F)F)nn1. The molecule has 7 nitrogen and oxygen atoms in total. The molecule has 0 bridgehead atoms. The molecule has 0 spiro atoms. The van der Waals surface area contributed by atoms with E-state index in [-0.39, 0.29) is 24.3 Å². The zero-order valence-corrected chi connectivity index (χ0v) is 16.3. The first-order valence-corrected chi connectivity index (χ1v) is 9.34. The molecule has 4 aromatic rings. The molecular formula is C21H15F4N5O2. The number of nitrogens with zero attached hydrogens (tertiary/aromatic N) is 5. The van der Waals surface area contributed by atoms with Gasteiger partial charge >= 0.3 is 17.3 Å². The summed E-state index contributed by atoms with van der Waals surface area (Å²) >= 11 is 0. The fraction of sp³-hybridized carbons (Fsp3) is 0.143. The van der Waals surface area contributed by atoms with Gasteiger partial charge in [0.05, 0.1) is 24.8 Å². The molecule has 2 heterocycles. The van der Waals surface area contributed by atoms with E-state index in [1.54, 1.807) is 0 Å². The highest BCUT2D eigenvalue weighted by Crippen LogP contribution is 2.32. The first-order chi connectivity index (χ1) is 15.2. The van der Waals surface area contributed by atoms with Crippen LogP contribution in [0.25, 0.3) is 5.69 Å². The van der Waals surface area contributed by atoms with Crippen LogP contribution in [0.4, 0.5) is 17.6 Å². The number of hydrogen-bond acceptors (Lipinski definition) is 4. The Morgan fingerprint density at radius 3 is 2.31 bits per heavy atom. The monoisotopic (exact) mass is 445 g/mol. The summed E-state index contributed by atoms with van der Waals surface area (Å²) in [5.74, 6) is -0.476. The van der Waals surface area contributed by atoms with Crippen molar-refractivity contribution in [1.82, 2.24) is 24.1 Å². The Balaban J connectivity index is 1.56. The van der Waals surface area contributed by atoms with Gasteiger partial charge in [0.15, 0.2) is 0 Å². The number of aromatic nitrogens is 5. The fourth-order valence-corrected chi connectivity index (χ4v) is 3.21. The molecule has 0 radical (unpaired) electrons. The Labute approximate surface area is 177 Å². The summed E-state index contributed by atoms with van der Waals surface area (Å²) < 4.78 is 56.0.